The zero-order valence-electron chi connectivity index (χ0n) is 16.4. The van der Waals surface area contributed by atoms with E-state index in [-0.39, 0.29) is 35.5 Å². The summed E-state index contributed by atoms with van der Waals surface area (Å²) in [5, 5.41) is 21.8. The van der Waals surface area contributed by atoms with Crippen molar-refractivity contribution in [3.8, 4) is 11.8 Å². The second-order valence-electron chi connectivity index (χ2n) is 7.84. The molecule has 0 bridgehead atoms. The first-order chi connectivity index (χ1) is 13.4. The maximum absolute atomic E-state index is 12.7. The molecule has 1 aromatic carbocycles. The summed E-state index contributed by atoms with van der Waals surface area (Å²) in [5.41, 5.74) is 1.16. The number of carbonyl (C=O) groups excluding carboxylic acids is 1. The fourth-order valence-electron chi connectivity index (χ4n) is 3.97. The highest BCUT2D eigenvalue weighted by molar-refractivity contribution is 5.88. The summed E-state index contributed by atoms with van der Waals surface area (Å²) in [7, 11) is 0. The van der Waals surface area contributed by atoms with Crippen molar-refractivity contribution in [1.82, 2.24) is 10.2 Å². The van der Waals surface area contributed by atoms with E-state index in [1.807, 2.05) is 13.8 Å². The van der Waals surface area contributed by atoms with Crippen LogP contribution in [0.3, 0.4) is 0 Å². The Hall–Kier alpha value is -2.59. The Bertz CT molecular complexity index is 786. The number of likely N-dealkylation sites (tertiary alicyclic amines) is 1. The van der Waals surface area contributed by atoms with Crippen molar-refractivity contribution in [3.63, 3.8) is 0 Å². The van der Waals surface area contributed by atoms with Crippen LogP contribution in [0.5, 0.6) is 5.75 Å². The number of hydrogen-bond donors (Lipinski definition) is 2. The third kappa shape index (κ3) is 4.28. The van der Waals surface area contributed by atoms with E-state index in [1.54, 1.807) is 23.1 Å². The van der Waals surface area contributed by atoms with Gasteiger partial charge >= 0.3 is 5.97 Å². The van der Waals surface area contributed by atoms with E-state index in [9.17, 15) is 20.0 Å². The van der Waals surface area contributed by atoms with Crippen molar-refractivity contribution in [1.29, 1.82) is 5.26 Å². The second kappa shape index (κ2) is 8.61. The van der Waals surface area contributed by atoms with Crippen LogP contribution in [0.4, 0.5) is 0 Å². The van der Waals surface area contributed by atoms with Crippen molar-refractivity contribution in [2.45, 2.75) is 63.6 Å². The van der Waals surface area contributed by atoms with Gasteiger partial charge in [0, 0.05) is 12.6 Å². The molecule has 0 spiro atoms. The molecule has 0 aromatic heterocycles. The average molecular weight is 385 g/mol. The molecule has 1 aromatic rings. The van der Waals surface area contributed by atoms with E-state index < -0.39 is 5.97 Å². The normalized spacial score (nSPS) is 24.4. The van der Waals surface area contributed by atoms with E-state index in [0.29, 0.717) is 25.3 Å². The summed E-state index contributed by atoms with van der Waals surface area (Å²) in [5.74, 6) is -0.192. The lowest BCUT2D eigenvalue weighted by Gasteiger charge is -2.24. The molecule has 150 valence electrons. The maximum Gasteiger partial charge on any atom is 0.335 e. The Labute approximate surface area is 165 Å². The molecule has 3 atom stereocenters. The van der Waals surface area contributed by atoms with Gasteiger partial charge < -0.3 is 14.7 Å². The summed E-state index contributed by atoms with van der Waals surface area (Å²) in [4.78, 5) is 25.7. The fraction of sp³-hybridized carbons (Fsp3) is 0.571. The molecule has 2 aliphatic heterocycles. The second-order valence-corrected chi connectivity index (χ2v) is 7.84. The molecular weight excluding hydrogens is 358 g/mol. The molecule has 3 rings (SSSR count). The largest absolute Gasteiger partial charge is 0.492 e. The zero-order chi connectivity index (χ0) is 20.3. The number of benzene rings is 1. The molecule has 2 heterocycles. The molecule has 1 amide bonds. The molecule has 2 N–H and O–H groups in total. The van der Waals surface area contributed by atoms with Gasteiger partial charge in [0.2, 0.25) is 5.91 Å². The zero-order valence-corrected chi connectivity index (χ0v) is 16.4. The Kier molecular flexibility index (Phi) is 6.20. The molecule has 0 aliphatic carbocycles. The summed E-state index contributed by atoms with van der Waals surface area (Å²) >= 11 is 0. The van der Waals surface area contributed by atoms with Gasteiger partial charge in [-0.2, -0.15) is 5.26 Å². The molecular formula is C21H27N3O4. The topological polar surface area (TPSA) is 103 Å². The van der Waals surface area contributed by atoms with Gasteiger partial charge in [-0.25, -0.2) is 4.79 Å². The lowest BCUT2D eigenvalue weighted by atomic mass is 10.0. The summed E-state index contributed by atoms with van der Waals surface area (Å²) in [6.07, 6.45) is 3.14. The van der Waals surface area contributed by atoms with Gasteiger partial charge in [-0.15, -0.1) is 0 Å². The summed E-state index contributed by atoms with van der Waals surface area (Å²) in [6, 6.07) is 6.60. The van der Waals surface area contributed by atoms with Crippen LogP contribution in [0.15, 0.2) is 18.2 Å². The van der Waals surface area contributed by atoms with Crippen molar-refractivity contribution in [3.05, 3.63) is 29.3 Å². The number of nitriles is 1. The highest BCUT2D eigenvalue weighted by Gasteiger charge is 2.37. The molecule has 2 fully saturated rings. The first-order valence-corrected chi connectivity index (χ1v) is 9.87. The number of nitrogens with zero attached hydrogens (tertiary/aromatic N) is 2. The van der Waals surface area contributed by atoms with Gasteiger partial charge in [0.25, 0.3) is 0 Å². The lowest BCUT2D eigenvalue weighted by Crippen LogP contribution is -2.47. The molecule has 7 nitrogen and oxygen atoms in total. The predicted octanol–water partition coefficient (Wildman–Crippen LogP) is 2.52. The van der Waals surface area contributed by atoms with Crippen LogP contribution in [0, 0.1) is 11.3 Å². The lowest BCUT2D eigenvalue weighted by molar-refractivity contribution is -0.133. The highest BCUT2D eigenvalue weighted by atomic mass is 16.5. The van der Waals surface area contributed by atoms with Crippen LogP contribution >= 0.6 is 0 Å². The number of hydrogen-bond acceptors (Lipinski definition) is 5. The van der Waals surface area contributed by atoms with Crippen LogP contribution in [0.25, 0.3) is 0 Å². The van der Waals surface area contributed by atoms with Crippen molar-refractivity contribution >= 4 is 11.9 Å². The van der Waals surface area contributed by atoms with E-state index in [4.69, 9.17) is 4.74 Å². The first kappa shape index (κ1) is 20.2. The Morgan fingerprint density at radius 2 is 2.14 bits per heavy atom. The Morgan fingerprint density at radius 1 is 1.36 bits per heavy atom. The summed E-state index contributed by atoms with van der Waals surface area (Å²) < 4.78 is 5.97. The summed E-state index contributed by atoms with van der Waals surface area (Å²) in [6.45, 7) is 5.09. The average Bonchev–Trinajstić information content (AvgIpc) is 3.34. The van der Waals surface area contributed by atoms with Crippen molar-refractivity contribution < 1.29 is 19.4 Å². The van der Waals surface area contributed by atoms with Crippen LogP contribution in [-0.4, -0.2) is 53.2 Å². The number of ether oxygens (including phenoxy) is 1. The van der Waals surface area contributed by atoms with Crippen LogP contribution in [0.1, 0.15) is 61.4 Å². The minimum atomic E-state index is -0.984. The third-order valence-electron chi connectivity index (χ3n) is 5.55. The van der Waals surface area contributed by atoms with E-state index in [1.165, 1.54) is 0 Å². The minimum Gasteiger partial charge on any atom is -0.492 e. The van der Waals surface area contributed by atoms with Crippen molar-refractivity contribution in [2.75, 3.05) is 13.2 Å². The van der Waals surface area contributed by atoms with Gasteiger partial charge in [0.15, 0.2) is 0 Å². The van der Waals surface area contributed by atoms with E-state index >= 15 is 0 Å². The number of nitrogens with one attached hydrogen (secondary N) is 1. The maximum atomic E-state index is 12.7. The monoisotopic (exact) mass is 385 g/mol. The number of carboxylic acids is 1. The molecule has 2 saturated heterocycles. The quantitative estimate of drug-likeness (QED) is 0.780. The smallest absolute Gasteiger partial charge is 0.335 e. The van der Waals surface area contributed by atoms with Crippen LogP contribution in [-0.2, 0) is 4.79 Å². The fourth-order valence-corrected chi connectivity index (χ4v) is 3.97. The Balaban J connectivity index is 1.60. The molecule has 7 heteroatoms. The molecule has 2 aliphatic rings. The van der Waals surface area contributed by atoms with Gasteiger partial charge in [0.05, 0.1) is 17.7 Å². The van der Waals surface area contributed by atoms with E-state index in [0.717, 1.165) is 24.8 Å². The molecule has 0 saturated carbocycles. The standard InChI is InChI=1S/C21H27N3O4/c1-13(2)17-7-5-14(21(26)27)10-19(17)28-12-15-6-8-18(23-15)20(25)24-9-3-4-16(24)11-22/h5,7,10,13,15-16,18,23H,3-4,6,8-9,12H2,1-2H3,(H,26,27)/t15-,16+,18+/m1/s1. The minimum absolute atomic E-state index is 0.00212. The van der Waals surface area contributed by atoms with E-state index in [2.05, 4.69) is 11.4 Å². The number of aromatic carboxylic acids is 1. The molecule has 0 radical (unpaired) electrons. The first-order valence-electron chi connectivity index (χ1n) is 9.87. The van der Waals surface area contributed by atoms with Gasteiger partial charge in [-0.05, 0) is 49.3 Å². The van der Waals surface area contributed by atoms with Gasteiger partial charge in [0.1, 0.15) is 18.4 Å². The number of carboxylic acid groups (broad SMARTS) is 1. The van der Waals surface area contributed by atoms with Crippen LogP contribution < -0.4 is 10.1 Å². The van der Waals surface area contributed by atoms with Gasteiger partial charge in [-0.1, -0.05) is 19.9 Å². The number of carbonyl (C=O) groups is 2. The Morgan fingerprint density at radius 3 is 2.82 bits per heavy atom. The molecule has 28 heavy (non-hydrogen) atoms. The molecule has 0 unspecified atom stereocenters. The third-order valence-corrected chi connectivity index (χ3v) is 5.55. The highest BCUT2D eigenvalue weighted by Crippen LogP contribution is 2.29. The predicted molar refractivity (Wildman–Crippen MR) is 103 cm³/mol. The SMILES string of the molecule is CC(C)c1ccc(C(=O)O)cc1OC[C@H]1CC[C@@H](C(=O)N2CCC[C@H]2C#N)N1. The van der Waals surface area contributed by atoms with Crippen molar-refractivity contribution in [2.24, 2.45) is 0 Å². The van der Waals surface area contributed by atoms with Gasteiger partial charge in [-0.3, -0.25) is 10.1 Å². The number of rotatable bonds is 6. The van der Waals surface area contributed by atoms with Crippen LogP contribution in [0.2, 0.25) is 0 Å². The number of amides is 1.